The van der Waals surface area contributed by atoms with Gasteiger partial charge >= 0.3 is 0 Å². The summed E-state index contributed by atoms with van der Waals surface area (Å²) < 4.78 is 3.94. The number of nitrogens with zero attached hydrogens (tertiary/aromatic N) is 7. The summed E-state index contributed by atoms with van der Waals surface area (Å²) in [6.45, 7) is 9.32. The van der Waals surface area contributed by atoms with Crippen molar-refractivity contribution in [2.45, 2.75) is 46.8 Å². The van der Waals surface area contributed by atoms with E-state index in [0.29, 0.717) is 24.2 Å². The molecular weight excluding hydrogens is 390 g/mol. The van der Waals surface area contributed by atoms with Crippen LogP contribution in [0.2, 0.25) is 0 Å². The van der Waals surface area contributed by atoms with Gasteiger partial charge in [0.1, 0.15) is 5.52 Å². The van der Waals surface area contributed by atoms with Gasteiger partial charge < -0.3 is 9.47 Å². The van der Waals surface area contributed by atoms with Crippen molar-refractivity contribution >= 4 is 17.1 Å². The Kier molecular flexibility index (Phi) is 5.54. The minimum atomic E-state index is -0.0928. The quantitative estimate of drug-likeness (QED) is 0.479. The molecule has 0 aliphatic heterocycles. The zero-order valence-corrected chi connectivity index (χ0v) is 18.6. The summed E-state index contributed by atoms with van der Waals surface area (Å²) in [6, 6.07) is 7.88. The van der Waals surface area contributed by atoms with E-state index in [1.54, 1.807) is 36.7 Å². The van der Waals surface area contributed by atoms with Gasteiger partial charge in [-0.2, -0.15) is 5.10 Å². The molecule has 0 saturated heterocycles. The van der Waals surface area contributed by atoms with Crippen molar-refractivity contribution in [3.8, 4) is 0 Å². The Bertz CT molecular complexity index is 1220. The smallest absolute Gasteiger partial charge is 0.255 e. The van der Waals surface area contributed by atoms with Crippen molar-refractivity contribution in [1.29, 1.82) is 0 Å². The van der Waals surface area contributed by atoms with Gasteiger partial charge in [0.2, 0.25) is 0 Å². The van der Waals surface area contributed by atoms with Gasteiger partial charge in [0.05, 0.1) is 29.8 Å². The molecule has 0 saturated carbocycles. The lowest BCUT2D eigenvalue weighted by atomic mass is 10.1. The highest BCUT2D eigenvalue weighted by molar-refractivity contribution is 5.96. The fraction of sp³-hybridized carbons (Fsp3) is 0.348. The van der Waals surface area contributed by atoms with Crippen LogP contribution in [0.1, 0.15) is 52.9 Å². The molecule has 0 N–H and O–H groups in total. The van der Waals surface area contributed by atoms with E-state index in [9.17, 15) is 4.79 Å². The van der Waals surface area contributed by atoms with Gasteiger partial charge in [-0.3, -0.25) is 14.5 Å². The third-order valence-electron chi connectivity index (χ3n) is 5.47. The lowest BCUT2D eigenvalue weighted by Gasteiger charge is -2.18. The summed E-state index contributed by atoms with van der Waals surface area (Å²) in [7, 11) is 1.80. The molecule has 4 heterocycles. The highest BCUT2D eigenvalue weighted by atomic mass is 16.2. The molecule has 0 radical (unpaired) electrons. The minimum absolute atomic E-state index is 0.0928. The first-order chi connectivity index (χ1) is 14.8. The summed E-state index contributed by atoms with van der Waals surface area (Å²) in [5.74, 6) is -0.0928. The SMILES string of the molecule is Cc1nn(C(C)C)c(C)c1CN(C)C(=O)c1cnc2c(c1)ncn2Cc1ccccn1. The number of aromatic nitrogens is 6. The van der Waals surface area contributed by atoms with Crippen molar-refractivity contribution in [2.75, 3.05) is 7.05 Å². The lowest BCUT2D eigenvalue weighted by molar-refractivity contribution is 0.0784. The van der Waals surface area contributed by atoms with Gasteiger partial charge in [-0.25, -0.2) is 9.97 Å². The Balaban J connectivity index is 1.54. The molecule has 31 heavy (non-hydrogen) atoms. The normalized spacial score (nSPS) is 11.4. The fourth-order valence-electron chi connectivity index (χ4n) is 3.81. The predicted molar refractivity (Wildman–Crippen MR) is 119 cm³/mol. The number of carbonyl (C=O) groups excluding carboxylic acids is 1. The van der Waals surface area contributed by atoms with Crippen LogP contribution in [0.5, 0.6) is 0 Å². The Morgan fingerprint density at radius 2 is 1.97 bits per heavy atom. The maximum Gasteiger partial charge on any atom is 0.255 e. The molecule has 4 aromatic rings. The summed E-state index contributed by atoms with van der Waals surface area (Å²) in [4.78, 5) is 28.1. The monoisotopic (exact) mass is 417 g/mol. The van der Waals surface area contributed by atoms with E-state index in [2.05, 4.69) is 40.8 Å². The molecule has 0 aliphatic rings. The first-order valence-corrected chi connectivity index (χ1v) is 10.4. The molecule has 4 aromatic heterocycles. The molecular formula is C23H27N7O. The number of pyridine rings is 2. The van der Waals surface area contributed by atoms with Crippen molar-refractivity contribution in [3.05, 3.63) is 71.2 Å². The van der Waals surface area contributed by atoms with Crippen LogP contribution in [0.4, 0.5) is 0 Å². The molecule has 0 spiro atoms. The third kappa shape index (κ3) is 4.05. The van der Waals surface area contributed by atoms with Crippen LogP contribution >= 0.6 is 0 Å². The second kappa shape index (κ2) is 8.29. The van der Waals surface area contributed by atoms with E-state index in [4.69, 9.17) is 0 Å². The van der Waals surface area contributed by atoms with E-state index in [1.807, 2.05) is 34.4 Å². The van der Waals surface area contributed by atoms with Gasteiger partial charge in [0, 0.05) is 43.3 Å². The van der Waals surface area contributed by atoms with Crippen LogP contribution in [-0.4, -0.2) is 47.2 Å². The molecule has 1 amide bonds. The van der Waals surface area contributed by atoms with Crippen LogP contribution in [0.3, 0.4) is 0 Å². The number of imidazole rings is 1. The zero-order chi connectivity index (χ0) is 22.1. The second-order valence-electron chi connectivity index (χ2n) is 8.11. The van der Waals surface area contributed by atoms with E-state index in [1.165, 1.54) is 0 Å². The van der Waals surface area contributed by atoms with Crippen LogP contribution in [-0.2, 0) is 13.1 Å². The molecule has 0 fully saturated rings. The second-order valence-corrected chi connectivity index (χ2v) is 8.11. The van der Waals surface area contributed by atoms with Crippen molar-refractivity contribution in [2.24, 2.45) is 0 Å². The Morgan fingerprint density at radius 3 is 2.65 bits per heavy atom. The maximum atomic E-state index is 13.1. The topological polar surface area (TPSA) is 81.7 Å². The van der Waals surface area contributed by atoms with Gasteiger partial charge in [-0.05, 0) is 45.9 Å². The average molecular weight is 418 g/mol. The first kappa shape index (κ1) is 20.7. The van der Waals surface area contributed by atoms with Crippen LogP contribution < -0.4 is 0 Å². The Labute approximate surface area is 181 Å². The average Bonchev–Trinajstić information content (AvgIpc) is 3.29. The highest BCUT2D eigenvalue weighted by Crippen LogP contribution is 2.20. The van der Waals surface area contributed by atoms with Crippen molar-refractivity contribution < 1.29 is 4.79 Å². The molecule has 8 nitrogen and oxygen atoms in total. The van der Waals surface area contributed by atoms with E-state index in [0.717, 1.165) is 28.3 Å². The Morgan fingerprint density at radius 1 is 1.16 bits per heavy atom. The summed E-state index contributed by atoms with van der Waals surface area (Å²) in [5, 5.41) is 4.62. The number of hydrogen-bond donors (Lipinski definition) is 0. The number of hydrogen-bond acceptors (Lipinski definition) is 5. The number of fused-ring (bicyclic) bond motifs is 1. The molecule has 0 unspecified atom stereocenters. The van der Waals surface area contributed by atoms with E-state index >= 15 is 0 Å². The standard InChI is InChI=1S/C23H27N7O/c1-15(2)30-17(4)20(16(3)27-30)13-28(5)23(31)18-10-21-22(25-11-18)29(14-26-21)12-19-8-6-7-9-24-19/h6-11,14-15H,12-13H2,1-5H3. The Hall–Kier alpha value is -3.55. The van der Waals surface area contributed by atoms with Gasteiger partial charge in [0.15, 0.2) is 5.65 Å². The van der Waals surface area contributed by atoms with E-state index in [-0.39, 0.29) is 11.9 Å². The predicted octanol–water partition coefficient (Wildman–Crippen LogP) is 3.54. The van der Waals surface area contributed by atoms with Crippen molar-refractivity contribution in [3.63, 3.8) is 0 Å². The van der Waals surface area contributed by atoms with Gasteiger partial charge in [0.25, 0.3) is 5.91 Å². The lowest BCUT2D eigenvalue weighted by Crippen LogP contribution is -2.27. The number of rotatable bonds is 6. The highest BCUT2D eigenvalue weighted by Gasteiger charge is 2.19. The number of amides is 1. The molecule has 160 valence electrons. The molecule has 0 aromatic carbocycles. The number of aryl methyl sites for hydroxylation is 1. The molecule has 0 aliphatic carbocycles. The van der Waals surface area contributed by atoms with Gasteiger partial charge in [-0.1, -0.05) is 6.07 Å². The van der Waals surface area contributed by atoms with Crippen LogP contribution in [0.25, 0.3) is 11.2 Å². The van der Waals surface area contributed by atoms with Crippen molar-refractivity contribution in [1.82, 2.24) is 34.2 Å². The minimum Gasteiger partial charge on any atom is -0.337 e. The summed E-state index contributed by atoms with van der Waals surface area (Å²) >= 11 is 0. The first-order valence-electron chi connectivity index (χ1n) is 10.4. The fourth-order valence-corrected chi connectivity index (χ4v) is 3.81. The number of carbonyl (C=O) groups is 1. The summed E-state index contributed by atoms with van der Waals surface area (Å²) in [5.41, 5.74) is 5.99. The largest absolute Gasteiger partial charge is 0.337 e. The molecule has 4 rings (SSSR count). The van der Waals surface area contributed by atoms with E-state index < -0.39 is 0 Å². The molecule has 8 heteroatoms. The zero-order valence-electron chi connectivity index (χ0n) is 18.6. The summed E-state index contributed by atoms with van der Waals surface area (Å²) in [6.07, 6.45) is 5.12. The van der Waals surface area contributed by atoms with Crippen LogP contribution in [0.15, 0.2) is 43.0 Å². The molecule has 0 bridgehead atoms. The maximum absolute atomic E-state index is 13.1. The molecule has 0 atom stereocenters. The van der Waals surface area contributed by atoms with Crippen LogP contribution in [0, 0.1) is 13.8 Å². The third-order valence-corrected chi connectivity index (χ3v) is 5.47. The van der Waals surface area contributed by atoms with Gasteiger partial charge in [-0.15, -0.1) is 0 Å².